The minimum atomic E-state index is 0.776. The highest BCUT2D eigenvalue weighted by atomic mass is 16.5. The molecule has 0 atom stereocenters. The number of pyridine rings is 1. The van der Waals surface area contributed by atoms with E-state index in [1.165, 1.54) is 5.56 Å². The average Bonchev–Trinajstić information content (AvgIpc) is 2.94. The zero-order valence-corrected chi connectivity index (χ0v) is 12.9. The van der Waals surface area contributed by atoms with Gasteiger partial charge < -0.3 is 9.84 Å². The first-order valence-corrected chi connectivity index (χ1v) is 7.50. The van der Waals surface area contributed by atoms with Crippen molar-refractivity contribution in [2.45, 2.75) is 32.9 Å². The molecule has 0 amide bonds. The standard InChI is InChI=1S/C16H24N4O/c1-3-7-18-12-15-11-16(21-19-15)13-20(2)10-6-14-4-8-17-9-5-14/h4-5,8-9,11,18H,3,6-7,10,12-13H2,1-2H3. The molecule has 0 radical (unpaired) electrons. The highest BCUT2D eigenvalue weighted by Gasteiger charge is 2.07. The van der Waals surface area contributed by atoms with Crippen molar-refractivity contribution >= 4 is 0 Å². The van der Waals surface area contributed by atoms with Gasteiger partial charge in [0.15, 0.2) is 5.76 Å². The summed E-state index contributed by atoms with van der Waals surface area (Å²) < 4.78 is 5.38. The molecule has 114 valence electrons. The van der Waals surface area contributed by atoms with E-state index in [1.54, 1.807) is 0 Å². The van der Waals surface area contributed by atoms with Crippen molar-refractivity contribution in [2.24, 2.45) is 0 Å². The van der Waals surface area contributed by atoms with E-state index in [1.807, 2.05) is 18.5 Å². The van der Waals surface area contributed by atoms with Gasteiger partial charge in [-0.05, 0) is 44.1 Å². The van der Waals surface area contributed by atoms with Gasteiger partial charge in [0.2, 0.25) is 0 Å². The third-order valence-electron chi connectivity index (χ3n) is 3.30. The Hall–Kier alpha value is -1.72. The van der Waals surface area contributed by atoms with Crippen LogP contribution >= 0.6 is 0 Å². The van der Waals surface area contributed by atoms with Crippen LogP contribution in [0.4, 0.5) is 0 Å². The van der Waals surface area contributed by atoms with Gasteiger partial charge in [0.1, 0.15) is 0 Å². The van der Waals surface area contributed by atoms with E-state index >= 15 is 0 Å². The summed E-state index contributed by atoms with van der Waals surface area (Å²) in [6.07, 6.45) is 5.81. The maximum absolute atomic E-state index is 5.38. The summed E-state index contributed by atoms with van der Waals surface area (Å²) in [6.45, 7) is 5.70. The van der Waals surface area contributed by atoms with E-state index in [9.17, 15) is 0 Å². The van der Waals surface area contributed by atoms with Crippen molar-refractivity contribution < 1.29 is 4.52 Å². The van der Waals surface area contributed by atoms with Crippen LogP contribution < -0.4 is 5.32 Å². The largest absolute Gasteiger partial charge is 0.360 e. The highest BCUT2D eigenvalue weighted by Crippen LogP contribution is 2.07. The van der Waals surface area contributed by atoms with E-state index in [4.69, 9.17) is 4.52 Å². The second-order valence-corrected chi connectivity index (χ2v) is 5.30. The number of likely N-dealkylation sites (N-methyl/N-ethyl adjacent to an activating group) is 1. The molecule has 5 nitrogen and oxygen atoms in total. The summed E-state index contributed by atoms with van der Waals surface area (Å²) in [5.74, 6) is 0.917. The van der Waals surface area contributed by atoms with Crippen molar-refractivity contribution in [1.29, 1.82) is 0 Å². The van der Waals surface area contributed by atoms with Gasteiger partial charge in [-0.3, -0.25) is 9.88 Å². The van der Waals surface area contributed by atoms with Crippen LogP contribution in [0.15, 0.2) is 35.1 Å². The van der Waals surface area contributed by atoms with E-state index in [0.717, 1.165) is 50.5 Å². The van der Waals surface area contributed by atoms with Crippen LogP contribution in [0.2, 0.25) is 0 Å². The first-order valence-electron chi connectivity index (χ1n) is 7.50. The van der Waals surface area contributed by atoms with Crippen LogP contribution in [0.1, 0.15) is 30.4 Å². The van der Waals surface area contributed by atoms with Crippen LogP contribution in [0.3, 0.4) is 0 Å². The quantitative estimate of drug-likeness (QED) is 0.717. The molecule has 5 heteroatoms. The van der Waals surface area contributed by atoms with Crippen molar-refractivity contribution in [3.8, 4) is 0 Å². The monoisotopic (exact) mass is 288 g/mol. The zero-order chi connectivity index (χ0) is 14.9. The molecular formula is C16H24N4O. The molecule has 2 aromatic heterocycles. The molecule has 0 saturated heterocycles. The van der Waals surface area contributed by atoms with Crippen molar-refractivity contribution in [3.63, 3.8) is 0 Å². The Morgan fingerprint density at radius 2 is 2.10 bits per heavy atom. The molecule has 0 aliphatic carbocycles. The molecule has 21 heavy (non-hydrogen) atoms. The van der Waals surface area contributed by atoms with Gasteiger partial charge in [0.25, 0.3) is 0 Å². The normalized spacial score (nSPS) is 11.2. The topological polar surface area (TPSA) is 54.2 Å². The van der Waals surface area contributed by atoms with Crippen LogP contribution in [0.25, 0.3) is 0 Å². The Kier molecular flexibility index (Phi) is 6.37. The Morgan fingerprint density at radius 1 is 1.29 bits per heavy atom. The van der Waals surface area contributed by atoms with Gasteiger partial charge in [-0.25, -0.2) is 0 Å². The average molecular weight is 288 g/mol. The third kappa shape index (κ3) is 5.65. The van der Waals surface area contributed by atoms with Gasteiger partial charge in [0, 0.05) is 31.5 Å². The molecule has 0 saturated carbocycles. The smallest absolute Gasteiger partial charge is 0.151 e. The fourth-order valence-electron chi connectivity index (χ4n) is 2.12. The maximum atomic E-state index is 5.38. The minimum Gasteiger partial charge on any atom is -0.360 e. The first-order chi connectivity index (χ1) is 10.3. The lowest BCUT2D eigenvalue weighted by atomic mass is 10.2. The lowest BCUT2D eigenvalue weighted by molar-refractivity contribution is 0.274. The highest BCUT2D eigenvalue weighted by molar-refractivity contribution is 5.10. The second kappa shape index (κ2) is 8.54. The SMILES string of the molecule is CCCNCc1cc(CN(C)CCc2ccncc2)on1. The fraction of sp³-hybridized carbons (Fsp3) is 0.500. The summed E-state index contributed by atoms with van der Waals surface area (Å²) in [4.78, 5) is 6.27. The first kappa shape index (κ1) is 15.7. The van der Waals surface area contributed by atoms with Gasteiger partial charge in [-0.2, -0.15) is 0 Å². The summed E-state index contributed by atoms with van der Waals surface area (Å²) in [7, 11) is 2.10. The molecule has 0 aromatic carbocycles. The van der Waals surface area contributed by atoms with E-state index in [2.05, 4.69) is 46.5 Å². The van der Waals surface area contributed by atoms with Crippen LogP contribution in [-0.2, 0) is 19.5 Å². The predicted octanol–water partition coefficient (Wildman–Crippen LogP) is 2.24. The summed E-state index contributed by atoms with van der Waals surface area (Å²) in [5.41, 5.74) is 2.28. The fourth-order valence-corrected chi connectivity index (χ4v) is 2.12. The summed E-state index contributed by atoms with van der Waals surface area (Å²) in [5, 5.41) is 7.41. The molecule has 2 heterocycles. The van der Waals surface area contributed by atoms with Crippen molar-refractivity contribution in [3.05, 3.63) is 47.6 Å². The molecule has 1 N–H and O–H groups in total. The Balaban J connectivity index is 1.73. The zero-order valence-electron chi connectivity index (χ0n) is 12.9. The molecule has 0 fully saturated rings. The number of nitrogens with zero attached hydrogens (tertiary/aromatic N) is 3. The summed E-state index contributed by atoms with van der Waals surface area (Å²) >= 11 is 0. The van der Waals surface area contributed by atoms with Crippen LogP contribution in [0.5, 0.6) is 0 Å². The van der Waals surface area contributed by atoms with Gasteiger partial charge >= 0.3 is 0 Å². The predicted molar refractivity (Wildman–Crippen MR) is 82.8 cm³/mol. The maximum Gasteiger partial charge on any atom is 0.151 e. The number of hydrogen-bond donors (Lipinski definition) is 1. The van der Waals surface area contributed by atoms with Gasteiger partial charge in [-0.1, -0.05) is 12.1 Å². The Labute approximate surface area is 126 Å². The molecule has 2 rings (SSSR count). The van der Waals surface area contributed by atoms with Gasteiger partial charge in [-0.15, -0.1) is 0 Å². The van der Waals surface area contributed by atoms with Crippen LogP contribution in [-0.4, -0.2) is 35.2 Å². The van der Waals surface area contributed by atoms with E-state index < -0.39 is 0 Å². The number of nitrogens with one attached hydrogen (secondary N) is 1. The van der Waals surface area contributed by atoms with Crippen molar-refractivity contribution in [1.82, 2.24) is 20.4 Å². The Bertz CT molecular complexity index is 512. The van der Waals surface area contributed by atoms with E-state index in [-0.39, 0.29) is 0 Å². The lowest BCUT2D eigenvalue weighted by Gasteiger charge is -2.14. The minimum absolute atomic E-state index is 0.776. The number of hydrogen-bond acceptors (Lipinski definition) is 5. The number of aromatic nitrogens is 2. The second-order valence-electron chi connectivity index (χ2n) is 5.30. The van der Waals surface area contributed by atoms with Gasteiger partial charge in [0.05, 0.1) is 12.2 Å². The molecule has 0 unspecified atom stereocenters. The molecular weight excluding hydrogens is 264 g/mol. The third-order valence-corrected chi connectivity index (χ3v) is 3.30. The molecule has 0 spiro atoms. The Morgan fingerprint density at radius 3 is 2.86 bits per heavy atom. The summed E-state index contributed by atoms with van der Waals surface area (Å²) in [6, 6.07) is 6.14. The van der Waals surface area contributed by atoms with Crippen LogP contribution in [0, 0.1) is 0 Å². The molecule has 0 aliphatic rings. The molecule has 0 bridgehead atoms. The van der Waals surface area contributed by atoms with Crippen molar-refractivity contribution in [2.75, 3.05) is 20.1 Å². The lowest BCUT2D eigenvalue weighted by Crippen LogP contribution is -2.20. The molecule has 2 aromatic rings. The number of rotatable bonds is 9. The van der Waals surface area contributed by atoms with E-state index in [0.29, 0.717) is 0 Å². The molecule has 0 aliphatic heterocycles.